The summed E-state index contributed by atoms with van der Waals surface area (Å²) in [5.74, 6) is 0.0217. The van der Waals surface area contributed by atoms with Gasteiger partial charge in [0.15, 0.2) is 5.78 Å². The number of ketones is 1. The fraction of sp³-hybridized carbons (Fsp3) is 0.136. The number of benzene rings is 2. The molecule has 25 heavy (non-hydrogen) atoms. The first-order valence-electron chi connectivity index (χ1n) is 8.19. The van der Waals surface area contributed by atoms with Gasteiger partial charge in [0.1, 0.15) is 0 Å². The minimum atomic E-state index is 0.0217. The number of halogens is 1. The van der Waals surface area contributed by atoms with Gasteiger partial charge < -0.3 is 4.57 Å². The molecule has 1 heterocycles. The first-order valence-corrected chi connectivity index (χ1v) is 8.99. The number of aryl methyl sites for hydroxylation is 2. The summed E-state index contributed by atoms with van der Waals surface area (Å²) in [6, 6.07) is 18.0. The third-order valence-electron chi connectivity index (χ3n) is 4.31. The van der Waals surface area contributed by atoms with Gasteiger partial charge in [0.2, 0.25) is 0 Å². The van der Waals surface area contributed by atoms with Crippen molar-refractivity contribution in [3.63, 3.8) is 0 Å². The largest absolute Gasteiger partial charge is 0.318 e. The van der Waals surface area contributed by atoms with Crippen molar-refractivity contribution in [2.24, 2.45) is 0 Å². The summed E-state index contributed by atoms with van der Waals surface area (Å²) in [4.78, 5) is 12.3. The molecule has 0 saturated carbocycles. The van der Waals surface area contributed by atoms with E-state index >= 15 is 0 Å². The number of hydrogen-bond acceptors (Lipinski definition) is 1. The third kappa shape index (κ3) is 3.83. The molecule has 0 N–H and O–H groups in total. The summed E-state index contributed by atoms with van der Waals surface area (Å²) in [5.41, 5.74) is 6.29. The molecule has 2 nitrogen and oxygen atoms in total. The van der Waals surface area contributed by atoms with E-state index in [1.54, 1.807) is 6.08 Å². The van der Waals surface area contributed by atoms with Crippen molar-refractivity contribution < 1.29 is 4.79 Å². The summed E-state index contributed by atoms with van der Waals surface area (Å²) in [7, 11) is 0. The Bertz CT molecular complexity index is 931. The monoisotopic (exact) mass is 393 g/mol. The van der Waals surface area contributed by atoms with Crippen LogP contribution in [0.4, 0.5) is 0 Å². The van der Waals surface area contributed by atoms with E-state index in [1.807, 2.05) is 49.4 Å². The first-order chi connectivity index (χ1) is 12.0. The SMILES string of the molecule is Cc1ccc(C(=O)/C=C/c2cc(C)n(-c3ccc(Br)cc3)c2C)cc1. The summed E-state index contributed by atoms with van der Waals surface area (Å²) in [6.07, 6.45) is 3.55. The standard InChI is InChI=1S/C22H20BrNO/c1-15-4-6-18(7-5-15)22(25)13-8-19-14-16(2)24(17(19)3)21-11-9-20(23)10-12-21/h4-14H,1-3H3/b13-8+. The molecule has 0 spiro atoms. The van der Waals surface area contributed by atoms with Gasteiger partial charge in [-0.3, -0.25) is 4.79 Å². The number of hydrogen-bond donors (Lipinski definition) is 0. The lowest BCUT2D eigenvalue weighted by Gasteiger charge is -2.09. The van der Waals surface area contributed by atoms with Crippen molar-refractivity contribution in [2.45, 2.75) is 20.8 Å². The summed E-state index contributed by atoms with van der Waals surface area (Å²) >= 11 is 3.47. The molecule has 3 heteroatoms. The quantitative estimate of drug-likeness (QED) is 0.389. The Labute approximate surface area is 156 Å². The van der Waals surface area contributed by atoms with Crippen LogP contribution in [0, 0.1) is 20.8 Å². The van der Waals surface area contributed by atoms with E-state index < -0.39 is 0 Å². The highest BCUT2D eigenvalue weighted by Crippen LogP contribution is 2.23. The van der Waals surface area contributed by atoms with Crippen LogP contribution in [-0.4, -0.2) is 10.4 Å². The fourth-order valence-corrected chi connectivity index (χ4v) is 3.19. The maximum Gasteiger partial charge on any atom is 0.185 e. The zero-order chi connectivity index (χ0) is 18.0. The number of allylic oxidation sites excluding steroid dienone is 1. The van der Waals surface area contributed by atoms with Gasteiger partial charge in [-0.25, -0.2) is 0 Å². The van der Waals surface area contributed by atoms with Gasteiger partial charge in [-0.05, 0) is 68.8 Å². The van der Waals surface area contributed by atoms with Gasteiger partial charge in [0, 0.05) is 27.1 Å². The number of aromatic nitrogens is 1. The van der Waals surface area contributed by atoms with Crippen molar-refractivity contribution in [3.05, 3.63) is 93.2 Å². The van der Waals surface area contributed by atoms with Gasteiger partial charge in [-0.15, -0.1) is 0 Å². The van der Waals surface area contributed by atoms with Crippen molar-refractivity contribution in [1.82, 2.24) is 4.57 Å². The average Bonchev–Trinajstić information content (AvgIpc) is 2.88. The maximum atomic E-state index is 12.3. The van der Waals surface area contributed by atoms with E-state index in [-0.39, 0.29) is 5.78 Å². The number of carbonyl (C=O) groups is 1. The molecule has 0 unspecified atom stereocenters. The van der Waals surface area contributed by atoms with E-state index in [1.165, 1.54) is 0 Å². The Morgan fingerprint density at radius 1 is 0.960 bits per heavy atom. The van der Waals surface area contributed by atoms with Gasteiger partial charge >= 0.3 is 0 Å². The lowest BCUT2D eigenvalue weighted by molar-refractivity contribution is 0.104. The lowest BCUT2D eigenvalue weighted by atomic mass is 10.1. The highest BCUT2D eigenvalue weighted by Gasteiger charge is 2.09. The van der Waals surface area contributed by atoms with Crippen molar-refractivity contribution >= 4 is 27.8 Å². The Kier molecular flexibility index (Phi) is 5.05. The van der Waals surface area contributed by atoms with Crippen LogP contribution < -0.4 is 0 Å². The van der Waals surface area contributed by atoms with Gasteiger partial charge in [0.05, 0.1) is 0 Å². The minimum absolute atomic E-state index is 0.0217. The van der Waals surface area contributed by atoms with Crippen LogP contribution in [0.2, 0.25) is 0 Å². The molecule has 3 aromatic rings. The summed E-state index contributed by atoms with van der Waals surface area (Å²) < 4.78 is 3.25. The average molecular weight is 394 g/mol. The molecule has 3 rings (SSSR count). The zero-order valence-electron chi connectivity index (χ0n) is 14.6. The van der Waals surface area contributed by atoms with Crippen LogP contribution in [-0.2, 0) is 0 Å². The summed E-state index contributed by atoms with van der Waals surface area (Å²) in [5, 5.41) is 0. The molecule has 126 valence electrons. The lowest BCUT2D eigenvalue weighted by Crippen LogP contribution is -1.98. The van der Waals surface area contributed by atoms with Crippen LogP contribution in [0.1, 0.15) is 32.9 Å². The fourth-order valence-electron chi connectivity index (χ4n) is 2.92. The molecular formula is C22H20BrNO. The third-order valence-corrected chi connectivity index (χ3v) is 4.83. The predicted octanol–water partition coefficient (Wildman–Crippen LogP) is 6.06. The van der Waals surface area contributed by atoms with E-state index in [2.05, 4.69) is 52.5 Å². The van der Waals surface area contributed by atoms with E-state index in [4.69, 9.17) is 0 Å². The van der Waals surface area contributed by atoms with Crippen LogP contribution in [0.3, 0.4) is 0 Å². The Hall–Kier alpha value is -2.39. The second kappa shape index (κ2) is 7.24. The van der Waals surface area contributed by atoms with Crippen LogP contribution in [0.15, 0.2) is 65.1 Å². The second-order valence-corrected chi connectivity index (χ2v) is 7.12. The van der Waals surface area contributed by atoms with E-state index in [9.17, 15) is 4.79 Å². The predicted molar refractivity (Wildman–Crippen MR) is 107 cm³/mol. The topological polar surface area (TPSA) is 22.0 Å². The number of rotatable bonds is 4. The van der Waals surface area contributed by atoms with E-state index in [0.29, 0.717) is 5.56 Å². The Morgan fingerprint density at radius 3 is 2.24 bits per heavy atom. The highest BCUT2D eigenvalue weighted by atomic mass is 79.9. The molecule has 2 aromatic carbocycles. The molecule has 1 aromatic heterocycles. The molecule has 0 aliphatic heterocycles. The normalized spacial score (nSPS) is 11.2. The number of nitrogens with zero attached hydrogens (tertiary/aromatic N) is 1. The molecule has 0 fully saturated rings. The maximum absolute atomic E-state index is 12.3. The van der Waals surface area contributed by atoms with Crippen LogP contribution in [0.5, 0.6) is 0 Å². The van der Waals surface area contributed by atoms with Crippen molar-refractivity contribution in [1.29, 1.82) is 0 Å². The van der Waals surface area contributed by atoms with Crippen molar-refractivity contribution in [2.75, 3.05) is 0 Å². The first kappa shape index (κ1) is 17.4. The molecule has 0 aliphatic rings. The molecular weight excluding hydrogens is 374 g/mol. The van der Waals surface area contributed by atoms with Gasteiger partial charge in [-0.2, -0.15) is 0 Å². The minimum Gasteiger partial charge on any atom is -0.318 e. The highest BCUT2D eigenvalue weighted by molar-refractivity contribution is 9.10. The zero-order valence-corrected chi connectivity index (χ0v) is 16.2. The second-order valence-electron chi connectivity index (χ2n) is 6.20. The van der Waals surface area contributed by atoms with Gasteiger partial charge in [-0.1, -0.05) is 45.8 Å². The molecule has 0 amide bonds. The van der Waals surface area contributed by atoms with E-state index in [0.717, 1.165) is 32.7 Å². The molecule has 0 saturated heterocycles. The molecule has 0 atom stereocenters. The number of carbonyl (C=O) groups excluding carboxylic acids is 1. The van der Waals surface area contributed by atoms with Crippen molar-refractivity contribution in [3.8, 4) is 5.69 Å². The Balaban J connectivity index is 1.88. The Morgan fingerprint density at radius 2 is 1.60 bits per heavy atom. The summed E-state index contributed by atoms with van der Waals surface area (Å²) in [6.45, 7) is 6.17. The van der Waals surface area contributed by atoms with Gasteiger partial charge in [0.25, 0.3) is 0 Å². The van der Waals surface area contributed by atoms with Crippen LogP contribution in [0.25, 0.3) is 11.8 Å². The molecule has 0 bridgehead atoms. The molecule has 0 aliphatic carbocycles. The smallest absolute Gasteiger partial charge is 0.185 e. The molecule has 0 radical (unpaired) electrons. The van der Waals surface area contributed by atoms with Crippen LogP contribution >= 0.6 is 15.9 Å².